The number of nitrogens with zero attached hydrogens (tertiary/aromatic N) is 2. The first kappa shape index (κ1) is 16.4. The summed E-state index contributed by atoms with van der Waals surface area (Å²) in [4.78, 5) is 0. The van der Waals surface area contributed by atoms with Crippen molar-refractivity contribution >= 4 is 17.3 Å². The molecule has 3 aromatic rings. The van der Waals surface area contributed by atoms with E-state index in [9.17, 15) is 4.39 Å². The predicted octanol–water partition coefficient (Wildman–Crippen LogP) is 5.62. The van der Waals surface area contributed by atoms with Crippen molar-refractivity contribution in [3.8, 4) is 5.75 Å². The normalized spacial score (nSPS) is 20.7. The third-order valence-corrected chi connectivity index (χ3v) is 5.15. The number of hydrogen-bond donors (Lipinski definition) is 0. The third kappa shape index (κ3) is 2.79. The highest BCUT2D eigenvalue weighted by atomic mass is 35.5. The molecule has 0 saturated heterocycles. The Morgan fingerprint density at radius 3 is 2.81 bits per heavy atom. The number of ether oxygens (including phenoxy) is 1. The molecule has 1 aromatic heterocycles. The molecule has 0 amide bonds. The Morgan fingerprint density at radius 2 is 2.04 bits per heavy atom. The Balaban J connectivity index is 1.62. The smallest absolute Gasteiger partial charge is 0.213 e. The van der Waals surface area contributed by atoms with Crippen molar-refractivity contribution in [2.75, 3.05) is 0 Å². The molecule has 0 saturated carbocycles. The summed E-state index contributed by atoms with van der Waals surface area (Å²) >= 11 is 6.22. The zero-order valence-corrected chi connectivity index (χ0v) is 15.3. The Hall–Kier alpha value is -2.79. The van der Waals surface area contributed by atoms with Gasteiger partial charge in [-0.1, -0.05) is 23.7 Å². The molecule has 0 N–H and O–H groups in total. The Kier molecular flexibility index (Phi) is 3.72. The highest BCUT2D eigenvalue weighted by molar-refractivity contribution is 6.30. The van der Waals surface area contributed by atoms with Gasteiger partial charge < -0.3 is 9.15 Å². The fraction of sp³-hybridized carbons (Fsp3) is 0.190. The lowest BCUT2D eigenvalue weighted by atomic mass is 9.97. The number of rotatable bonds is 2. The second-order valence-corrected chi connectivity index (χ2v) is 7.20. The molecular weight excluding hydrogens is 367 g/mol. The number of aryl methyl sites for hydroxylation is 1. The van der Waals surface area contributed by atoms with Crippen LogP contribution in [0.2, 0.25) is 5.02 Å². The van der Waals surface area contributed by atoms with Crippen LogP contribution in [0.5, 0.6) is 5.75 Å². The van der Waals surface area contributed by atoms with Crippen LogP contribution in [0.15, 0.2) is 64.1 Å². The molecule has 2 aromatic carbocycles. The molecule has 2 aliphatic heterocycles. The standard InChI is InChI=1S/C21H16ClFN2O2/c1-12-5-7-20(26-12)17-11-18-16-10-14(22)6-8-19(16)27-21(25(18)24-17)13-3-2-4-15(23)9-13/h2-10,18,21H,11H2,1H3/t18-,21+/m1/s1. The molecule has 0 radical (unpaired) electrons. The largest absolute Gasteiger partial charge is 0.464 e. The van der Waals surface area contributed by atoms with Crippen LogP contribution in [0.3, 0.4) is 0 Å². The van der Waals surface area contributed by atoms with E-state index in [2.05, 4.69) is 0 Å². The van der Waals surface area contributed by atoms with Gasteiger partial charge in [0.05, 0.1) is 6.04 Å². The molecule has 3 heterocycles. The lowest BCUT2D eigenvalue weighted by Crippen LogP contribution is -2.33. The molecule has 0 unspecified atom stereocenters. The molecule has 2 aliphatic rings. The molecule has 0 bridgehead atoms. The van der Waals surface area contributed by atoms with Crippen LogP contribution in [0, 0.1) is 12.7 Å². The minimum absolute atomic E-state index is 0.0545. The first-order valence-electron chi connectivity index (χ1n) is 8.73. The maximum atomic E-state index is 13.8. The van der Waals surface area contributed by atoms with Crippen molar-refractivity contribution < 1.29 is 13.5 Å². The SMILES string of the molecule is Cc1ccc(C2=NN3[C@H](C2)c2cc(Cl)ccc2O[C@H]3c2cccc(F)c2)o1. The van der Waals surface area contributed by atoms with E-state index in [4.69, 9.17) is 25.9 Å². The van der Waals surface area contributed by atoms with Crippen LogP contribution in [-0.4, -0.2) is 10.7 Å². The lowest BCUT2D eigenvalue weighted by Gasteiger charge is -2.38. The van der Waals surface area contributed by atoms with Gasteiger partial charge in [-0.05, 0) is 49.4 Å². The van der Waals surface area contributed by atoms with Crippen molar-refractivity contribution in [2.24, 2.45) is 5.10 Å². The van der Waals surface area contributed by atoms with Gasteiger partial charge in [-0.2, -0.15) is 5.10 Å². The summed E-state index contributed by atoms with van der Waals surface area (Å²) in [7, 11) is 0. The number of furan rings is 1. The maximum Gasteiger partial charge on any atom is 0.213 e. The monoisotopic (exact) mass is 382 g/mol. The third-order valence-electron chi connectivity index (χ3n) is 4.91. The van der Waals surface area contributed by atoms with Crippen LogP contribution >= 0.6 is 11.6 Å². The average molecular weight is 383 g/mol. The summed E-state index contributed by atoms with van der Waals surface area (Å²) in [5, 5.41) is 7.29. The minimum Gasteiger partial charge on any atom is -0.464 e. The van der Waals surface area contributed by atoms with Crippen LogP contribution in [-0.2, 0) is 0 Å². The minimum atomic E-state index is -0.520. The topological polar surface area (TPSA) is 38.0 Å². The molecule has 4 nitrogen and oxygen atoms in total. The van der Waals surface area contributed by atoms with Gasteiger partial charge in [0, 0.05) is 22.6 Å². The van der Waals surface area contributed by atoms with Crippen LogP contribution < -0.4 is 4.74 Å². The summed E-state index contributed by atoms with van der Waals surface area (Å²) in [6.07, 6.45) is 0.142. The van der Waals surface area contributed by atoms with Gasteiger partial charge in [0.2, 0.25) is 6.23 Å². The van der Waals surface area contributed by atoms with Crippen molar-refractivity contribution in [1.82, 2.24) is 5.01 Å². The number of hydrazone groups is 1. The summed E-state index contributed by atoms with van der Waals surface area (Å²) in [6.45, 7) is 1.90. The molecular formula is C21H16ClFN2O2. The average Bonchev–Trinajstić information content (AvgIpc) is 3.27. The van der Waals surface area contributed by atoms with Gasteiger partial charge in [-0.3, -0.25) is 0 Å². The van der Waals surface area contributed by atoms with E-state index in [0.29, 0.717) is 17.0 Å². The van der Waals surface area contributed by atoms with Crippen molar-refractivity contribution in [3.05, 3.63) is 88.1 Å². The van der Waals surface area contributed by atoms with E-state index in [0.717, 1.165) is 28.5 Å². The van der Waals surface area contributed by atoms with Gasteiger partial charge >= 0.3 is 0 Å². The number of halogens is 2. The Bertz CT molecular complexity index is 1060. The van der Waals surface area contributed by atoms with Crippen molar-refractivity contribution in [2.45, 2.75) is 25.6 Å². The lowest BCUT2D eigenvalue weighted by molar-refractivity contribution is -0.0192. The van der Waals surface area contributed by atoms with Gasteiger partial charge in [0.15, 0.2) is 0 Å². The van der Waals surface area contributed by atoms with Gasteiger partial charge in [-0.15, -0.1) is 0 Å². The molecule has 2 atom stereocenters. The zero-order valence-electron chi connectivity index (χ0n) is 14.5. The van der Waals surface area contributed by atoms with Gasteiger partial charge in [0.1, 0.15) is 28.8 Å². The molecule has 6 heteroatoms. The van der Waals surface area contributed by atoms with Crippen molar-refractivity contribution in [1.29, 1.82) is 0 Å². The first-order chi connectivity index (χ1) is 13.1. The summed E-state index contributed by atoms with van der Waals surface area (Å²) < 4.78 is 25.8. The van der Waals surface area contributed by atoms with E-state index < -0.39 is 6.23 Å². The second-order valence-electron chi connectivity index (χ2n) is 6.76. The van der Waals surface area contributed by atoms with E-state index >= 15 is 0 Å². The summed E-state index contributed by atoms with van der Waals surface area (Å²) in [5.74, 6) is 2.00. The molecule has 0 spiro atoms. The molecule has 27 heavy (non-hydrogen) atoms. The summed E-state index contributed by atoms with van der Waals surface area (Å²) in [5.41, 5.74) is 2.52. The predicted molar refractivity (Wildman–Crippen MR) is 100 cm³/mol. The fourth-order valence-electron chi connectivity index (χ4n) is 3.68. The molecule has 0 fully saturated rings. The van der Waals surface area contributed by atoms with Gasteiger partial charge in [0.25, 0.3) is 0 Å². The van der Waals surface area contributed by atoms with Crippen LogP contribution in [0.25, 0.3) is 0 Å². The van der Waals surface area contributed by atoms with E-state index in [1.54, 1.807) is 12.1 Å². The number of fused-ring (bicyclic) bond motifs is 3. The number of hydrogen-bond acceptors (Lipinski definition) is 4. The highest BCUT2D eigenvalue weighted by Gasteiger charge is 2.41. The quantitative estimate of drug-likeness (QED) is 0.577. The van der Waals surface area contributed by atoms with E-state index in [1.807, 2.05) is 42.3 Å². The van der Waals surface area contributed by atoms with Gasteiger partial charge in [-0.25, -0.2) is 9.40 Å². The Morgan fingerprint density at radius 1 is 1.15 bits per heavy atom. The maximum absolute atomic E-state index is 13.8. The zero-order chi connectivity index (χ0) is 18.5. The highest BCUT2D eigenvalue weighted by Crippen LogP contribution is 2.48. The summed E-state index contributed by atoms with van der Waals surface area (Å²) in [6, 6.07) is 15.8. The van der Waals surface area contributed by atoms with Crippen molar-refractivity contribution in [3.63, 3.8) is 0 Å². The first-order valence-corrected chi connectivity index (χ1v) is 9.10. The van der Waals surface area contributed by atoms with E-state index in [1.165, 1.54) is 12.1 Å². The second kappa shape index (κ2) is 6.13. The molecule has 0 aliphatic carbocycles. The van der Waals surface area contributed by atoms with Crippen LogP contribution in [0.4, 0.5) is 4.39 Å². The Labute approximate surface area is 160 Å². The number of benzene rings is 2. The molecule has 5 rings (SSSR count). The fourth-order valence-corrected chi connectivity index (χ4v) is 3.86. The molecule has 136 valence electrons. The van der Waals surface area contributed by atoms with Crippen LogP contribution in [0.1, 0.15) is 41.3 Å². The van der Waals surface area contributed by atoms with E-state index in [-0.39, 0.29) is 11.9 Å².